The van der Waals surface area contributed by atoms with Crippen molar-refractivity contribution in [3.05, 3.63) is 70.8 Å². The predicted molar refractivity (Wildman–Crippen MR) is 94.0 cm³/mol. The first-order chi connectivity index (χ1) is 12.1. The topological polar surface area (TPSA) is 60.2 Å². The first-order valence-electron chi connectivity index (χ1n) is 8.08. The van der Waals surface area contributed by atoms with Gasteiger partial charge in [-0.15, -0.1) is 0 Å². The van der Waals surface area contributed by atoms with Crippen LogP contribution >= 0.6 is 0 Å². The van der Waals surface area contributed by atoms with Crippen molar-refractivity contribution in [1.29, 1.82) is 5.26 Å². The summed E-state index contributed by atoms with van der Waals surface area (Å²) < 4.78 is 27.4. The molecule has 0 aliphatic rings. The largest absolute Gasteiger partial charge is 0.357 e. The highest BCUT2D eigenvalue weighted by Gasteiger charge is 2.05. The average molecular weight is 342 g/mol. The zero-order chi connectivity index (χ0) is 18.1. The summed E-state index contributed by atoms with van der Waals surface area (Å²) in [5.41, 5.74) is 1.37. The summed E-state index contributed by atoms with van der Waals surface area (Å²) >= 11 is 0. The number of nitrogens with zero attached hydrogens (tertiary/aromatic N) is 2. The van der Waals surface area contributed by atoms with Gasteiger partial charge in [-0.05, 0) is 43.2 Å². The van der Waals surface area contributed by atoms with E-state index in [0.717, 1.165) is 0 Å². The van der Waals surface area contributed by atoms with Crippen LogP contribution in [-0.4, -0.2) is 19.0 Å². The molecule has 4 nitrogen and oxygen atoms in total. The van der Waals surface area contributed by atoms with Crippen molar-refractivity contribution < 1.29 is 8.78 Å². The van der Waals surface area contributed by atoms with Crippen molar-refractivity contribution in [2.45, 2.75) is 19.9 Å². The lowest BCUT2D eigenvalue weighted by Crippen LogP contribution is -2.38. The van der Waals surface area contributed by atoms with Gasteiger partial charge in [0.15, 0.2) is 5.96 Å². The fourth-order valence-corrected chi connectivity index (χ4v) is 2.29. The molecule has 0 aromatic heterocycles. The zero-order valence-corrected chi connectivity index (χ0v) is 14.0. The first-order valence-corrected chi connectivity index (χ1v) is 8.08. The molecule has 0 atom stereocenters. The van der Waals surface area contributed by atoms with Gasteiger partial charge in [-0.3, -0.25) is 0 Å². The summed E-state index contributed by atoms with van der Waals surface area (Å²) in [5, 5.41) is 15.1. The Bertz CT molecular complexity index is 781. The molecule has 0 heterocycles. The van der Waals surface area contributed by atoms with Gasteiger partial charge in [-0.2, -0.15) is 5.26 Å². The maximum absolute atomic E-state index is 13.8. The van der Waals surface area contributed by atoms with E-state index < -0.39 is 5.82 Å². The fourth-order valence-electron chi connectivity index (χ4n) is 2.29. The standard InChI is InChI=1S/C19H20F2N4/c1-2-23-19(24-10-9-15-5-3-4-6-17(15)20)25-13-16-11-14(12-22)7-8-18(16)21/h3-8,11H,2,9-10,13H2,1H3,(H2,23,24,25). The highest BCUT2D eigenvalue weighted by atomic mass is 19.1. The van der Waals surface area contributed by atoms with E-state index in [1.807, 2.05) is 13.0 Å². The third-order valence-corrected chi connectivity index (χ3v) is 3.57. The number of nitriles is 1. The Kier molecular flexibility index (Phi) is 6.90. The van der Waals surface area contributed by atoms with E-state index >= 15 is 0 Å². The third-order valence-electron chi connectivity index (χ3n) is 3.57. The molecule has 0 unspecified atom stereocenters. The van der Waals surface area contributed by atoms with Crippen LogP contribution in [0.1, 0.15) is 23.6 Å². The summed E-state index contributed by atoms with van der Waals surface area (Å²) in [7, 11) is 0. The summed E-state index contributed by atoms with van der Waals surface area (Å²) in [6, 6.07) is 12.8. The van der Waals surface area contributed by atoms with Crippen molar-refractivity contribution in [3.8, 4) is 6.07 Å². The van der Waals surface area contributed by atoms with E-state index in [1.54, 1.807) is 18.2 Å². The SMILES string of the molecule is CCNC(=NCc1cc(C#N)ccc1F)NCCc1ccccc1F. The van der Waals surface area contributed by atoms with Gasteiger partial charge in [0.25, 0.3) is 0 Å². The minimum atomic E-state index is -0.398. The van der Waals surface area contributed by atoms with Crippen LogP contribution in [0.25, 0.3) is 0 Å². The zero-order valence-electron chi connectivity index (χ0n) is 14.0. The van der Waals surface area contributed by atoms with Crippen LogP contribution in [0.15, 0.2) is 47.5 Å². The van der Waals surface area contributed by atoms with Crippen LogP contribution in [0.3, 0.4) is 0 Å². The first kappa shape index (κ1) is 18.4. The van der Waals surface area contributed by atoms with Crippen LogP contribution in [-0.2, 0) is 13.0 Å². The van der Waals surface area contributed by atoms with Gasteiger partial charge in [0, 0.05) is 18.7 Å². The summed E-state index contributed by atoms with van der Waals surface area (Å²) in [4.78, 5) is 4.32. The van der Waals surface area contributed by atoms with Gasteiger partial charge in [-0.1, -0.05) is 18.2 Å². The molecule has 0 fully saturated rings. The minimum Gasteiger partial charge on any atom is -0.357 e. The molecule has 2 aromatic carbocycles. The summed E-state index contributed by atoms with van der Waals surface area (Å²) in [6.07, 6.45) is 0.509. The molecule has 0 bridgehead atoms. The molecule has 0 aliphatic heterocycles. The Morgan fingerprint density at radius 3 is 2.56 bits per heavy atom. The number of hydrogen-bond acceptors (Lipinski definition) is 2. The second-order valence-electron chi connectivity index (χ2n) is 5.38. The van der Waals surface area contributed by atoms with Gasteiger partial charge >= 0.3 is 0 Å². The molecule has 0 amide bonds. The quantitative estimate of drug-likeness (QED) is 0.626. The number of hydrogen-bond donors (Lipinski definition) is 2. The summed E-state index contributed by atoms with van der Waals surface area (Å²) in [6.45, 7) is 3.17. The van der Waals surface area contributed by atoms with E-state index in [4.69, 9.17) is 5.26 Å². The van der Waals surface area contributed by atoms with E-state index in [-0.39, 0.29) is 12.4 Å². The number of rotatable bonds is 6. The Balaban J connectivity index is 1.99. The highest BCUT2D eigenvalue weighted by Crippen LogP contribution is 2.11. The van der Waals surface area contributed by atoms with E-state index in [2.05, 4.69) is 15.6 Å². The number of guanidine groups is 1. The lowest BCUT2D eigenvalue weighted by molar-refractivity contribution is 0.605. The van der Waals surface area contributed by atoms with Crippen LogP contribution in [0.2, 0.25) is 0 Å². The molecule has 0 saturated heterocycles. The lowest BCUT2D eigenvalue weighted by Gasteiger charge is -2.12. The molecule has 130 valence electrons. The molecule has 0 aliphatic carbocycles. The Morgan fingerprint density at radius 1 is 1.08 bits per heavy atom. The molecule has 0 radical (unpaired) electrons. The Morgan fingerprint density at radius 2 is 1.84 bits per heavy atom. The maximum atomic E-state index is 13.8. The molecule has 0 spiro atoms. The van der Waals surface area contributed by atoms with Crippen molar-refractivity contribution >= 4 is 5.96 Å². The van der Waals surface area contributed by atoms with Crippen LogP contribution in [0.4, 0.5) is 8.78 Å². The van der Waals surface area contributed by atoms with Crippen molar-refractivity contribution in [3.63, 3.8) is 0 Å². The second-order valence-corrected chi connectivity index (χ2v) is 5.38. The van der Waals surface area contributed by atoms with Crippen molar-refractivity contribution in [1.82, 2.24) is 10.6 Å². The Hall–Kier alpha value is -2.94. The number of nitrogens with one attached hydrogen (secondary N) is 2. The minimum absolute atomic E-state index is 0.108. The van der Waals surface area contributed by atoms with E-state index in [1.165, 1.54) is 24.3 Å². The van der Waals surface area contributed by atoms with Gasteiger partial charge in [0.05, 0.1) is 18.2 Å². The normalized spacial score (nSPS) is 11.0. The molecular formula is C19H20F2N4. The number of halogens is 2. The van der Waals surface area contributed by atoms with Crippen molar-refractivity contribution in [2.75, 3.05) is 13.1 Å². The second kappa shape index (κ2) is 9.38. The summed E-state index contributed by atoms with van der Waals surface area (Å²) in [5.74, 6) is -0.118. The molecule has 6 heteroatoms. The molecule has 2 N–H and O–H groups in total. The molecule has 0 saturated carbocycles. The van der Waals surface area contributed by atoms with Gasteiger partial charge in [0.2, 0.25) is 0 Å². The lowest BCUT2D eigenvalue weighted by atomic mass is 10.1. The molecule has 2 aromatic rings. The average Bonchev–Trinajstić information content (AvgIpc) is 2.62. The van der Waals surface area contributed by atoms with Crippen molar-refractivity contribution in [2.24, 2.45) is 4.99 Å². The number of benzene rings is 2. The molecule has 2 rings (SSSR count). The predicted octanol–water partition coefficient (Wildman–Crippen LogP) is 3.13. The van der Waals surface area contributed by atoms with Gasteiger partial charge in [-0.25, -0.2) is 13.8 Å². The van der Waals surface area contributed by atoms with Gasteiger partial charge < -0.3 is 10.6 Å². The van der Waals surface area contributed by atoms with Crippen LogP contribution in [0.5, 0.6) is 0 Å². The monoisotopic (exact) mass is 342 g/mol. The molecule has 25 heavy (non-hydrogen) atoms. The maximum Gasteiger partial charge on any atom is 0.191 e. The van der Waals surface area contributed by atoms with Crippen LogP contribution < -0.4 is 10.6 Å². The Labute approximate surface area is 146 Å². The van der Waals surface area contributed by atoms with E-state index in [0.29, 0.717) is 42.2 Å². The third kappa shape index (κ3) is 5.57. The van der Waals surface area contributed by atoms with Gasteiger partial charge in [0.1, 0.15) is 11.6 Å². The van der Waals surface area contributed by atoms with Crippen LogP contribution in [0, 0.1) is 23.0 Å². The molecular weight excluding hydrogens is 322 g/mol. The smallest absolute Gasteiger partial charge is 0.191 e. The fraction of sp³-hybridized carbons (Fsp3) is 0.263. The highest BCUT2D eigenvalue weighted by molar-refractivity contribution is 5.79. The van der Waals surface area contributed by atoms with E-state index in [9.17, 15) is 8.78 Å². The number of aliphatic imine (C=N–C) groups is 1.